The number of carbonyl (C=O) groups is 3. The normalized spacial score (nSPS) is 16.0. The van der Waals surface area contributed by atoms with Crippen LogP contribution in [-0.2, 0) is 16.1 Å². The first-order valence-electron chi connectivity index (χ1n) is 8.37. The lowest BCUT2D eigenvalue weighted by molar-refractivity contribution is -0.130. The Labute approximate surface area is 164 Å². The van der Waals surface area contributed by atoms with Crippen LogP contribution in [0.2, 0.25) is 5.02 Å². The summed E-state index contributed by atoms with van der Waals surface area (Å²) in [6, 6.07) is 13.2. The summed E-state index contributed by atoms with van der Waals surface area (Å²) in [7, 11) is 0. The van der Waals surface area contributed by atoms with Crippen molar-refractivity contribution in [3.8, 4) is 5.69 Å². The number of carbonyl (C=O) groups excluding carboxylic acids is 3. The Morgan fingerprint density at radius 1 is 1.04 bits per heavy atom. The molecule has 1 aliphatic heterocycles. The number of barbiturate groups is 1. The van der Waals surface area contributed by atoms with Crippen molar-refractivity contribution in [2.75, 3.05) is 0 Å². The summed E-state index contributed by atoms with van der Waals surface area (Å²) >= 11 is 5.93. The Morgan fingerprint density at radius 3 is 2.54 bits per heavy atom. The molecule has 8 heteroatoms. The van der Waals surface area contributed by atoms with Crippen LogP contribution in [0.5, 0.6) is 0 Å². The maximum Gasteiger partial charge on any atom is 0.331 e. The van der Waals surface area contributed by atoms with Crippen LogP contribution < -0.4 is 5.32 Å². The molecule has 0 atom stereocenters. The fourth-order valence-electron chi connectivity index (χ4n) is 2.89. The van der Waals surface area contributed by atoms with Gasteiger partial charge in [-0.05, 0) is 54.6 Å². The third-order valence-electron chi connectivity index (χ3n) is 4.26. The lowest BCUT2D eigenvalue weighted by Crippen LogP contribution is -2.53. The largest absolute Gasteiger partial charge is 0.467 e. The number of furan rings is 1. The van der Waals surface area contributed by atoms with Crippen molar-refractivity contribution in [2.24, 2.45) is 0 Å². The van der Waals surface area contributed by atoms with E-state index < -0.39 is 17.8 Å². The summed E-state index contributed by atoms with van der Waals surface area (Å²) in [5, 5.41) is 2.79. The number of hydrogen-bond acceptors (Lipinski definition) is 4. The minimum atomic E-state index is -0.781. The van der Waals surface area contributed by atoms with Gasteiger partial charge in [-0.2, -0.15) is 0 Å². The molecule has 0 bridgehead atoms. The molecule has 28 heavy (non-hydrogen) atoms. The van der Waals surface area contributed by atoms with Crippen molar-refractivity contribution in [1.82, 2.24) is 14.8 Å². The fourth-order valence-corrected chi connectivity index (χ4v) is 3.02. The number of nitrogens with zero attached hydrogens (tertiary/aromatic N) is 2. The van der Waals surface area contributed by atoms with Gasteiger partial charge >= 0.3 is 6.03 Å². The number of benzene rings is 1. The molecule has 3 heterocycles. The molecule has 140 valence electrons. The number of imide groups is 2. The zero-order valence-corrected chi connectivity index (χ0v) is 15.2. The number of amides is 4. The molecule has 0 aliphatic carbocycles. The van der Waals surface area contributed by atoms with Gasteiger partial charge in [-0.1, -0.05) is 11.6 Å². The van der Waals surface area contributed by atoms with Crippen LogP contribution in [0, 0.1) is 0 Å². The highest BCUT2D eigenvalue weighted by atomic mass is 35.5. The lowest BCUT2D eigenvalue weighted by atomic mass is 10.1. The van der Waals surface area contributed by atoms with E-state index in [0.29, 0.717) is 16.5 Å². The lowest BCUT2D eigenvalue weighted by Gasteiger charge is -2.25. The van der Waals surface area contributed by atoms with Gasteiger partial charge in [0.2, 0.25) is 0 Å². The molecule has 4 amide bonds. The van der Waals surface area contributed by atoms with Gasteiger partial charge in [-0.15, -0.1) is 0 Å². The zero-order chi connectivity index (χ0) is 19.7. The summed E-state index contributed by atoms with van der Waals surface area (Å²) in [5.74, 6) is -0.995. The van der Waals surface area contributed by atoms with Crippen molar-refractivity contribution in [3.05, 3.63) is 83.0 Å². The Balaban J connectivity index is 1.68. The molecule has 0 saturated carbocycles. The van der Waals surface area contributed by atoms with Crippen molar-refractivity contribution >= 4 is 35.5 Å². The van der Waals surface area contributed by atoms with Crippen molar-refractivity contribution in [2.45, 2.75) is 6.54 Å². The summed E-state index contributed by atoms with van der Waals surface area (Å²) in [6.07, 6.45) is 4.70. The van der Waals surface area contributed by atoms with E-state index in [-0.39, 0.29) is 12.1 Å². The fraction of sp³-hybridized carbons (Fsp3) is 0.0500. The highest BCUT2D eigenvalue weighted by Gasteiger charge is 2.36. The molecule has 3 aromatic rings. The van der Waals surface area contributed by atoms with Gasteiger partial charge in [-0.25, -0.2) is 4.79 Å². The highest BCUT2D eigenvalue weighted by Crippen LogP contribution is 2.21. The predicted molar refractivity (Wildman–Crippen MR) is 102 cm³/mol. The molecule has 0 spiro atoms. The van der Waals surface area contributed by atoms with E-state index >= 15 is 0 Å². The molecule has 1 saturated heterocycles. The maximum absolute atomic E-state index is 12.8. The number of halogens is 1. The van der Waals surface area contributed by atoms with E-state index in [1.807, 2.05) is 12.1 Å². The molecule has 7 nitrogen and oxygen atoms in total. The standard InChI is InChI=1S/C20H14ClN3O4/c21-13-5-7-14(8-6-13)23-9-1-3-15(23)11-17-18(25)22-20(27)24(19(17)26)12-16-4-2-10-28-16/h1-11H,12H2,(H,22,25,27)/b17-11+. The number of aromatic nitrogens is 1. The Hall–Kier alpha value is -3.58. The number of urea groups is 1. The number of rotatable bonds is 4. The molecule has 0 unspecified atom stereocenters. The van der Waals surface area contributed by atoms with E-state index in [9.17, 15) is 14.4 Å². The molecular formula is C20H14ClN3O4. The monoisotopic (exact) mass is 395 g/mol. The van der Waals surface area contributed by atoms with Gasteiger partial charge in [0.05, 0.1) is 12.8 Å². The molecule has 1 fully saturated rings. The summed E-state index contributed by atoms with van der Waals surface area (Å²) in [6.45, 7) is -0.0690. The molecule has 2 aromatic heterocycles. The molecular weight excluding hydrogens is 382 g/mol. The quantitative estimate of drug-likeness (QED) is 0.542. The SMILES string of the molecule is O=C1NC(=O)N(Cc2ccco2)C(=O)/C1=C/c1cccn1-c1ccc(Cl)cc1. The first-order valence-corrected chi connectivity index (χ1v) is 8.75. The van der Waals surface area contributed by atoms with Crippen molar-refractivity contribution in [3.63, 3.8) is 0 Å². The minimum absolute atomic E-state index is 0.0690. The summed E-state index contributed by atoms with van der Waals surface area (Å²) < 4.78 is 7.00. The second-order valence-electron chi connectivity index (χ2n) is 6.07. The van der Waals surface area contributed by atoms with Gasteiger partial charge < -0.3 is 8.98 Å². The van der Waals surface area contributed by atoms with Crippen LogP contribution in [0.4, 0.5) is 4.79 Å². The first kappa shape index (κ1) is 17.8. The van der Waals surface area contributed by atoms with E-state index in [1.54, 1.807) is 47.2 Å². The van der Waals surface area contributed by atoms with Gasteiger partial charge in [0, 0.05) is 22.6 Å². The Bertz CT molecular complexity index is 1080. The van der Waals surface area contributed by atoms with Crippen LogP contribution in [0.15, 0.2) is 71.0 Å². The van der Waals surface area contributed by atoms with Crippen molar-refractivity contribution in [1.29, 1.82) is 0 Å². The number of nitrogens with one attached hydrogen (secondary N) is 1. The molecule has 4 rings (SSSR count). The Kier molecular flexibility index (Phi) is 4.58. The molecule has 1 N–H and O–H groups in total. The van der Waals surface area contributed by atoms with Crippen molar-refractivity contribution < 1.29 is 18.8 Å². The van der Waals surface area contributed by atoms with E-state index in [2.05, 4.69) is 5.32 Å². The first-order chi connectivity index (χ1) is 13.5. The maximum atomic E-state index is 12.8. The van der Waals surface area contributed by atoms with E-state index in [1.165, 1.54) is 12.3 Å². The predicted octanol–water partition coefficient (Wildman–Crippen LogP) is 3.39. The highest BCUT2D eigenvalue weighted by molar-refractivity contribution is 6.31. The minimum Gasteiger partial charge on any atom is -0.467 e. The second kappa shape index (κ2) is 7.21. The third kappa shape index (κ3) is 3.35. The van der Waals surface area contributed by atoms with Gasteiger partial charge in [0.1, 0.15) is 11.3 Å². The van der Waals surface area contributed by atoms with Crippen LogP contribution in [0.1, 0.15) is 11.5 Å². The zero-order valence-electron chi connectivity index (χ0n) is 14.5. The Morgan fingerprint density at radius 2 is 1.82 bits per heavy atom. The molecule has 1 aliphatic rings. The average Bonchev–Trinajstić information content (AvgIpc) is 3.35. The summed E-state index contributed by atoms with van der Waals surface area (Å²) in [4.78, 5) is 38.1. The van der Waals surface area contributed by atoms with Crippen LogP contribution >= 0.6 is 11.6 Å². The second-order valence-corrected chi connectivity index (χ2v) is 6.50. The third-order valence-corrected chi connectivity index (χ3v) is 4.51. The van der Waals surface area contributed by atoms with E-state index in [4.69, 9.17) is 16.0 Å². The topological polar surface area (TPSA) is 84.6 Å². The summed E-state index contributed by atoms with van der Waals surface area (Å²) in [5.41, 5.74) is 1.28. The van der Waals surface area contributed by atoms with Crippen LogP contribution in [0.25, 0.3) is 11.8 Å². The average molecular weight is 396 g/mol. The van der Waals surface area contributed by atoms with Crippen LogP contribution in [0.3, 0.4) is 0 Å². The molecule has 1 aromatic carbocycles. The van der Waals surface area contributed by atoms with Crippen LogP contribution in [-0.4, -0.2) is 27.3 Å². The van der Waals surface area contributed by atoms with Gasteiger partial charge in [0.25, 0.3) is 11.8 Å². The van der Waals surface area contributed by atoms with Gasteiger partial charge in [0.15, 0.2) is 0 Å². The van der Waals surface area contributed by atoms with E-state index in [0.717, 1.165) is 10.6 Å². The molecule has 0 radical (unpaired) electrons. The van der Waals surface area contributed by atoms with Gasteiger partial charge in [-0.3, -0.25) is 19.8 Å². The smallest absolute Gasteiger partial charge is 0.331 e. The number of hydrogen-bond donors (Lipinski definition) is 1.